The van der Waals surface area contributed by atoms with Gasteiger partial charge >= 0.3 is 0 Å². The smallest absolute Gasteiger partial charge is 0.250 e. The number of carbonyl (C=O) groups excluding carboxylic acids is 3. The molecule has 32 heavy (non-hydrogen) atoms. The van der Waals surface area contributed by atoms with Gasteiger partial charge in [0.1, 0.15) is 5.54 Å². The summed E-state index contributed by atoms with van der Waals surface area (Å²) < 4.78 is 0. The molecular formula is C26H23N3O3. The topological polar surface area (TPSA) is 78.5 Å². The van der Waals surface area contributed by atoms with Gasteiger partial charge in [0.25, 0.3) is 5.91 Å². The van der Waals surface area contributed by atoms with Crippen molar-refractivity contribution < 1.29 is 14.4 Å². The molecule has 3 aromatic rings. The minimum atomic E-state index is -0.901. The van der Waals surface area contributed by atoms with Gasteiger partial charge in [-0.15, -0.1) is 0 Å². The van der Waals surface area contributed by atoms with Crippen LogP contribution in [0.1, 0.15) is 18.4 Å². The van der Waals surface area contributed by atoms with Gasteiger partial charge in [-0.2, -0.15) is 0 Å². The van der Waals surface area contributed by atoms with E-state index in [2.05, 4.69) is 10.6 Å². The van der Waals surface area contributed by atoms with Crippen LogP contribution in [0.4, 0.5) is 11.4 Å². The normalized spacial score (nSPS) is 19.9. The number of rotatable bonds is 3. The summed E-state index contributed by atoms with van der Waals surface area (Å²) in [6.45, 7) is 0.490. The highest BCUT2D eigenvalue weighted by molar-refractivity contribution is 6.09. The molecule has 6 heteroatoms. The Labute approximate surface area is 185 Å². The summed E-state index contributed by atoms with van der Waals surface area (Å²) in [5.41, 5.74) is 1.60. The van der Waals surface area contributed by atoms with Gasteiger partial charge in [-0.3, -0.25) is 14.4 Å². The van der Waals surface area contributed by atoms with E-state index in [4.69, 9.17) is 0 Å². The molecule has 1 atom stereocenters. The molecule has 0 aromatic heterocycles. The number of nitrogens with zero attached hydrogens (tertiary/aromatic N) is 1. The van der Waals surface area contributed by atoms with Crippen LogP contribution in [-0.4, -0.2) is 34.7 Å². The Balaban J connectivity index is 1.33. The quantitative estimate of drug-likeness (QED) is 0.625. The van der Waals surface area contributed by atoms with Gasteiger partial charge < -0.3 is 15.5 Å². The van der Waals surface area contributed by atoms with E-state index in [-0.39, 0.29) is 17.7 Å². The van der Waals surface area contributed by atoms with Gasteiger partial charge in [0, 0.05) is 41.9 Å². The second-order valence-corrected chi connectivity index (χ2v) is 8.26. The Bertz CT molecular complexity index is 1260. The number of hydrogen-bond acceptors (Lipinski definition) is 3. The minimum absolute atomic E-state index is 0.157. The Morgan fingerprint density at radius 2 is 1.75 bits per heavy atom. The van der Waals surface area contributed by atoms with Crippen LogP contribution in [0.5, 0.6) is 0 Å². The summed E-state index contributed by atoms with van der Waals surface area (Å²) >= 11 is 0. The number of carbonyl (C=O) groups is 3. The molecule has 2 aliphatic rings. The Morgan fingerprint density at radius 3 is 2.66 bits per heavy atom. The second-order valence-electron chi connectivity index (χ2n) is 8.26. The third kappa shape index (κ3) is 3.43. The average Bonchev–Trinajstić information content (AvgIpc) is 3.23. The highest BCUT2D eigenvalue weighted by Crippen LogP contribution is 2.39. The van der Waals surface area contributed by atoms with E-state index in [1.807, 2.05) is 66.7 Å². The standard InChI is InChI=1S/C26H23N3O3/c30-23(27-22-12-5-9-18-7-1-3-10-20(18)22)13-14-24(31)29-16-6-15-26(29)17-19-8-2-4-11-21(19)28-25(26)32/h1-5,7-14H,6,15-17H2,(H,27,30)(H,28,32). The minimum Gasteiger partial charge on any atom is -0.324 e. The van der Waals surface area contributed by atoms with Gasteiger partial charge in [-0.05, 0) is 35.9 Å². The first-order valence-electron chi connectivity index (χ1n) is 10.7. The van der Waals surface area contributed by atoms with Crippen LogP contribution >= 0.6 is 0 Å². The summed E-state index contributed by atoms with van der Waals surface area (Å²) in [6, 6.07) is 21.1. The van der Waals surface area contributed by atoms with Gasteiger partial charge in [0.2, 0.25) is 11.8 Å². The van der Waals surface area contributed by atoms with Crippen LogP contribution in [0.25, 0.3) is 10.8 Å². The molecule has 0 radical (unpaired) electrons. The molecule has 3 aromatic carbocycles. The summed E-state index contributed by atoms with van der Waals surface area (Å²) in [6.07, 6.45) is 4.34. The summed E-state index contributed by atoms with van der Waals surface area (Å²) in [7, 11) is 0. The highest BCUT2D eigenvalue weighted by Gasteiger charge is 2.51. The molecule has 0 saturated carbocycles. The van der Waals surface area contributed by atoms with E-state index in [0.717, 1.165) is 28.4 Å². The Kier molecular flexibility index (Phi) is 4.98. The molecule has 1 unspecified atom stereocenters. The molecule has 1 spiro atoms. The van der Waals surface area contributed by atoms with Crippen molar-refractivity contribution in [2.45, 2.75) is 24.8 Å². The first-order valence-corrected chi connectivity index (χ1v) is 10.7. The molecule has 2 heterocycles. The van der Waals surface area contributed by atoms with Crippen molar-refractivity contribution in [1.82, 2.24) is 4.90 Å². The maximum Gasteiger partial charge on any atom is 0.250 e. The molecule has 0 bridgehead atoms. The van der Waals surface area contributed by atoms with Crippen molar-refractivity contribution in [1.29, 1.82) is 0 Å². The van der Waals surface area contributed by atoms with Crippen molar-refractivity contribution in [3.05, 3.63) is 84.4 Å². The highest BCUT2D eigenvalue weighted by atomic mass is 16.2. The number of nitrogens with one attached hydrogen (secondary N) is 2. The first kappa shape index (κ1) is 20.0. The molecule has 2 aliphatic heterocycles. The van der Waals surface area contributed by atoms with E-state index < -0.39 is 5.54 Å². The molecule has 6 nitrogen and oxygen atoms in total. The predicted molar refractivity (Wildman–Crippen MR) is 124 cm³/mol. The molecule has 3 amide bonds. The van der Waals surface area contributed by atoms with E-state index in [9.17, 15) is 14.4 Å². The third-order valence-electron chi connectivity index (χ3n) is 6.35. The largest absolute Gasteiger partial charge is 0.324 e. The van der Waals surface area contributed by atoms with Gasteiger partial charge in [-0.25, -0.2) is 0 Å². The zero-order valence-electron chi connectivity index (χ0n) is 17.5. The number of amides is 3. The molecule has 5 rings (SSSR count). The summed E-state index contributed by atoms with van der Waals surface area (Å²) in [5, 5.41) is 7.75. The third-order valence-corrected chi connectivity index (χ3v) is 6.35. The van der Waals surface area contributed by atoms with Crippen molar-refractivity contribution >= 4 is 39.9 Å². The van der Waals surface area contributed by atoms with E-state index in [1.54, 1.807) is 4.90 Å². The Hall–Kier alpha value is -3.93. The molecule has 2 N–H and O–H groups in total. The van der Waals surface area contributed by atoms with Crippen LogP contribution < -0.4 is 10.6 Å². The lowest BCUT2D eigenvalue weighted by Gasteiger charge is -2.40. The van der Waals surface area contributed by atoms with Gasteiger partial charge in [0.05, 0.1) is 0 Å². The van der Waals surface area contributed by atoms with Crippen LogP contribution in [0.2, 0.25) is 0 Å². The molecule has 1 fully saturated rings. The van der Waals surface area contributed by atoms with Gasteiger partial charge in [-0.1, -0.05) is 54.6 Å². The molecule has 0 aliphatic carbocycles. The van der Waals surface area contributed by atoms with E-state index in [1.165, 1.54) is 12.2 Å². The number of anilines is 2. The predicted octanol–water partition coefficient (Wildman–Crippen LogP) is 3.89. The number of benzene rings is 3. The van der Waals surface area contributed by atoms with Crippen LogP contribution in [0.3, 0.4) is 0 Å². The lowest BCUT2D eigenvalue weighted by Crippen LogP contribution is -2.58. The fourth-order valence-corrected chi connectivity index (χ4v) is 4.80. The first-order chi connectivity index (χ1) is 15.6. The molecule has 160 valence electrons. The zero-order chi connectivity index (χ0) is 22.1. The average molecular weight is 425 g/mol. The number of para-hydroxylation sites is 1. The number of likely N-dealkylation sites (tertiary alicyclic amines) is 1. The maximum atomic E-state index is 13.0. The van der Waals surface area contributed by atoms with Crippen molar-refractivity contribution in [3.8, 4) is 0 Å². The van der Waals surface area contributed by atoms with Crippen LogP contribution in [0, 0.1) is 0 Å². The second kappa shape index (κ2) is 7.96. The Morgan fingerprint density at radius 1 is 0.969 bits per heavy atom. The van der Waals surface area contributed by atoms with Crippen LogP contribution in [0.15, 0.2) is 78.9 Å². The maximum absolute atomic E-state index is 13.0. The lowest BCUT2D eigenvalue weighted by atomic mass is 9.83. The number of fused-ring (bicyclic) bond motifs is 2. The van der Waals surface area contributed by atoms with Crippen molar-refractivity contribution in [2.24, 2.45) is 0 Å². The van der Waals surface area contributed by atoms with Crippen LogP contribution in [-0.2, 0) is 20.8 Å². The molecular weight excluding hydrogens is 402 g/mol. The van der Waals surface area contributed by atoms with E-state index in [0.29, 0.717) is 25.1 Å². The lowest BCUT2D eigenvalue weighted by molar-refractivity contribution is -0.139. The fraction of sp³-hybridized carbons (Fsp3) is 0.192. The van der Waals surface area contributed by atoms with Crippen molar-refractivity contribution in [3.63, 3.8) is 0 Å². The SMILES string of the molecule is O=C(C=CC(=O)N1CCCC12Cc1ccccc1NC2=O)Nc1cccc2ccccc12. The summed E-state index contributed by atoms with van der Waals surface area (Å²) in [5.74, 6) is -0.873. The molecule has 1 saturated heterocycles. The fourth-order valence-electron chi connectivity index (χ4n) is 4.80. The zero-order valence-corrected chi connectivity index (χ0v) is 17.5. The van der Waals surface area contributed by atoms with Crippen molar-refractivity contribution in [2.75, 3.05) is 17.2 Å². The number of hydrogen-bond donors (Lipinski definition) is 2. The monoisotopic (exact) mass is 425 g/mol. The van der Waals surface area contributed by atoms with Gasteiger partial charge in [0.15, 0.2) is 0 Å². The summed E-state index contributed by atoms with van der Waals surface area (Å²) in [4.78, 5) is 40.2. The van der Waals surface area contributed by atoms with E-state index >= 15 is 0 Å².